The fraction of sp³-hybridized carbons (Fsp3) is 0.250. The number of aryl methyl sites for hydroxylation is 1. The zero-order valence-electron chi connectivity index (χ0n) is 18.7. The third-order valence-electron chi connectivity index (χ3n) is 4.63. The summed E-state index contributed by atoms with van der Waals surface area (Å²) in [6, 6.07) is 6.42. The van der Waals surface area contributed by atoms with Gasteiger partial charge in [0.15, 0.2) is 5.78 Å². The number of ketones is 1. The first-order valence-electron chi connectivity index (χ1n) is 8.92. The first-order chi connectivity index (χ1) is 14.3. The van der Waals surface area contributed by atoms with Crippen LogP contribution in [0.1, 0.15) is 34.0 Å². The van der Waals surface area contributed by atoms with Gasteiger partial charge < -0.3 is 16.7 Å². The van der Waals surface area contributed by atoms with Crippen LogP contribution in [0, 0.1) is 13.8 Å². The van der Waals surface area contributed by atoms with Gasteiger partial charge in [-0.25, -0.2) is 0 Å². The summed E-state index contributed by atoms with van der Waals surface area (Å²) in [5, 5.41) is 28.6. The van der Waals surface area contributed by atoms with Crippen molar-refractivity contribution >= 4 is 27.8 Å². The Morgan fingerprint density at radius 2 is 1.53 bits per heavy atom. The van der Waals surface area contributed by atoms with E-state index >= 15 is 0 Å². The molecule has 0 spiro atoms. The van der Waals surface area contributed by atoms with Gasteiger partial charge in [0.2, 0.25) is 0 Å². The van der Waals surface area contributed by atoms with Crippen molar-refractivity contribution in [2.24, 2.45) is 0 Å². The number of hydrogen-bond acceptors (Lipinski definition) is 7. The van der Waals surface area contributed by atoms with Crippen LogP contribution in [0.15, 0.2) is 35.2 Å². The van der Waals surface area contributed by atoms with Crippen LogP contribution in [0.25, 0.3) is 0 Å². The van der Waals surface area contributed by atoms with Gasteiger partial charge >= 0.3 is 41.5 Å². The van der Waals surface area contributed by atoms with Gasteiger partial charge in [0.05, 0.1) is 13.1 Å². The maximum absolute atomic E-state index is 13.1. The van der Waals surface area contributed by atoms with E-state index in [1.165, 1.54) is 38.1 Å². The molecule has 0 aliphatic heterocycles. The van der Waals surface area contributed by atoms with Gasteiger partial charge in [-0.15, -0.1) is 0 Å². The van der Waals surface area contributed by atoms with Gasteiger partial charge in [-0.1, -0.05) is 12.1 Å². The molecule has 0 heterocycles. The summed E-state index contributed by atoms with van der Waals surface area (Å²) in [5.41, 5.74) is 0.345. The quantitative estimate of drug-likeness (QED) is 0.192. The summed E-state index contributed by atoms with van der Waals surface area (Å²) in [4.78, 5) is 35.8. The summed E-state index contributed by atoms with van der Waals surface area (Å²) in [7, 11) is -4.68. The predicted molar refractivity (Wildman–Crippen MR) is 109 cm³/mol. The largest absolute Gasteiger partial charge is 1.00 e. The van der Waals surface area contributed by atoms with Crippen LogP contribution in [-0.2, 0) is 26.3 Å². The molecule has 0 amide bonds. The maximum Gasteiger partial charge on any atom is 1.00 e. The van der Waals surface area contributed by atoms with E-state index < -0.39 is 45.8 Å². The van der Waals surface area contributed by atoms with Gasteiger partial charge in [0.1, 0.15) is 10.6 Å². The third-order valence-corrected chi connectivity index (χ3v) is 5.54. The number of carboxylic acid groups (broad SMARTS) is 2. The third kappa shape index (κ3) is 6.61. The van der Waals surface area contributed by atoms with Crippen LogP contribution < -0.4 is 29.6 Å². The molecule has 0 aliphatic carbocycles. The monoisotopic (exact) mass is 475 g/mol. The second kappa shape index (κ2) is 11.0. The molecule has 0 saturated heterocycles. The SMILES string of the molecule is Cc1cc(C(=O)c2ccccc2S(=O)(=O)O)c(C)c(CN(CC(=O)O)CC(=O)O)c1O.[H-].[Na+]. The number of phenolic OH excluding ortho intramolecular Hbond substituents is 1. The Labute approximate surface area is 208 Å². The normalized spacial score (nSPS) is 11.1. The van der Waals surface area contributed by atoms with Crippen LogP contribution in [0.2, 0.25) is 0 Å². The summed E-state index contributed by atoms with van der Waals surface area (Å²) < 4.78 is 32.8. The Balaban J connectivity index is 0.00000512. The Bertz CT molecular complexity index is 1150. The molecule has 2 aromatic carbocycles. The minimum atomic E-state index is -4.68. The van der Waals surface area contributed by atoms with Gasteiger partial charge in [-0.05, 0) is 43.2 Å². The molecule has 0 fully saturated rings. The van der Waals surface area contributed by atoms with Crippen molar-refractivity contribution in [1.82, 2.24) is 4.90 Å². The Kier molecular flexibility index (Phi) is 9.57. The molecule has 2 aromatic rings. The molecular weight excluding hydrogens is 453 g/mol. The summed E-state index contributed by atoms with van der Waals surface area (Å²) >= 11 is 0. The van der Waals surface area contributed by atoms with Crippen LogP contribution in [-0.4, -0.2) is 64.0 Å². The number of carbonyl (C=O) groups excluding carboxylic acids is 1. The topological polar surface area (TPSA) is 170 Å². The van der Waals surface area contributed by atoms with Crippen molar-refractivity contribution in [3.8, 4) is 5.75 Å². The van der Waals surface area contributed by atoms with Crippen molar-refractivity contribution < 1.29 is 73.7 Å². The Hall–Kier alpha value is -2.28. The molecule has 0 aromatic heterocycles. The number of hydrogen-bond donors (Lipinski definition) is 4. The molecule has 0 radical (unpaired) electrons. The zero-order chi connectivity index (χ0) is 23.5. The second-order valence-electron chi connectivity index (χ2n) is 6.93. The minimum Gasteiger partial charge on any atom is -1.00 e. The summed E-state index contributed by atoms with van der Waals surface area (Å²) in [6.45, 7) is 1.44. The van der Waals surface area contributed by atoms with E-state index in [0.717, 1.165) is 11.0 Å². The van der Waals surface area contributed by atoms with Crippen LogP contribution in [0.4, 0.5) is 0 Å². The minimum absolute atomic E-state index is 0. The van der Waals surface area contributed by atoms with Gasteiger partial charge in [0.25, 0.3) is 10.1 Å². The number of benzene rings is 2. The molecule has 12 heteroatoms. The number of carbonyl (C=O) groups is 3. The molecule has 0 saturated carbocycles. The molecule has 0 atom stereocenters. The fourth-order valence-electron chi connectivity index (χ4n) is 3.20. The smallest absolute Gasteiger partial charge is 1.00 e. The number of carboxylic acids is 2. The van der Waals surface area contributed by atoms with E-state index in [1.54, 1.807) is 0 Å². The van der Waals surface area contributed by atoms with Crippen molar-refractivity contribution in [3.63, 3.8) is 0 Å². The summed E-state index contributed by atoms with van der Waals surface area (Å²) in [5.74, 6) is -3.52. The molecule has 4 N–H and O–H groups in total. The molecule has 32 heavy (non-hydrogen) atoms. The van der Waals surface area contributed by atoms with Gasteiger partial charge in [0, 0.05) is 23.2 Å². The van der Waals surface area contributed by atoms with E-state index in [1.807, 2.05) is 0 Å². The Morgan fingerprint density at radius 3 is 2.03 bits per heavy atom. The van der Waals surface area contributed by atoms with E-state index in [4.69, 9.17) is 10.2 Å². The Morgan fingerprint density at radius 1 is 1.00 bits per heavy atom. The number of aromatic hydroxyl groups is 1. The van der Waals surface area contributed by atoms with Crippen molar-refractivity contribution in [2.45, 2.75) is 25.3 Å². The predicted octanol–water partition coefficient (Wildman–Crippen LogP) is -1.43. The number of aliphatic carboxylic acids is 2. The van der Waals surface area contributed by atoms with Crippen molar-refractivity contribution in [3.05, 3.63) is 58.1 Å². The summed E-state index contributed by atoms with van der Waals surface area (Å²) in [6.07, 6.45) is 0. The first kappa shape index (κ1) is 27.8. The van der Waals surface area contributed by atoms with E-state index in [-0.39, 0.29) is 71.1 Å². The van der Waals surface area contributed by atoms with E-state index in [9.17, 15) is 32.5 Å². The molecule has 2 rings (SSSR count). The van der Waals surface area contributed by atoms with E-state index in [2.05, 4.69) is 0 Å². The molecule has 168 valence electrons. The first-order valence-corrected chi connectivity index (χ1v) is 10.4. The van der Waals surface area contributed by atoms with Gasteiger partial charge in [-0.3, -0.25) is 23.8 Å². The number of phenols is 1. The van der Waals surface area contributed by atoms with Crippen molar-refractivity contribution in [2.75, 3.05) is 13.1 Å². The molecule has 0 aliphatic rings. The number of nitrogens with zero attached hydrogens (tertiary/aromatic N) is 1. The molecular formula is C20H22NNaO9S. The fourth-order valence-corrected chi connectivity index (χ4v) is 3.89. The standard InChI is InChI=1S/C20H21NO9S.Na.H/c1-11-7-14(20(27)13-5-3-4-6-16(13)31(28,29)30)12(2)15(19(11)26)8-21(9-17(22)23)10-18(24)25;;/h3-7,26H,8-10H2,1-2H3,(H,22,23)(H,24,25)(H,28,29,30);;/q;+1;-1. The van der Waals surface area contributed by atoms with Crippen LogP contribution in [0.5, 0.6) is 5.75 Å². The van der Waals surface area contributed by atoms with Crippen LogP contribution >= 0.6 is 0 Å². The average Bonchev–Trinajstić information content (AvgIpc) is 2.65. The van der Waals surface area contributed by atoms with Gasteiger partial charge in [-0.2, -0.15) is 8.42 Å². The average molecular weight is 475 g/mol. The second-order valence-corrected chi connectivity index (χ2v) is 8.32. The van der Waals surface area contributed by atoms with E-state index in [0.29, 0.717) is 0 Å². The molecule has 0 unspecified atom stereocenters. The maximum atomic E-state index is 13.1. The number of rotatable bonds is 9. The molecule has 10 nitrogen and oxygen atoms in total. The van der Waals surface area contributed by atoms with Crippen molar-refractivity contribution in [1.29, 1.82) is 0 Å². The zero-order valence-corrected chi connectivity index (χ0v) is 20.5. The van der Waals surface area contributed by atoms with Crippen LogP contribution in [0.3, 0.4) is 0 Å². The molecule has 0 bridgehead atoms.